The van der Waals surface area contributed by atoms with E-state index in [9.17, 15) is 22.8 Å². The third-order valence-corrected chi connectivity index (χ3v) is 6.35. The molecule has 2 amide bonds. The maximum atomic E-state index is 13.3. The molecule has 0 unspecified atom stereocenters. The molecule has 3 rings (SSSR count). The van der Waals surface area contributed by atoms with Crippen LogP contribution >= 0.6 is 11.8 Å². The molecule has 174 valence electrons. The Balaban J connectivity index is 1.54. The molecule has 0 atom stereocenters. The molecule has 1 fully saturated rings. The van der Waals surface area contributed by atoms with Gasteiger partial charge in [0.2, 0.25) is 11.8 Å². The summed E-state index contributed by atoms with van der Waals surface area (Å²) in [5.41, 5.74) is -0.417. The van der Waals surface area contributed by atoms with Crippen LogP contribution in [0.2, 0.25) is 0 Å². The average molecular weight is 469 g/mol. The molecule has 2 heterocycles. The number of alkyl halides is 3. The molecule has 0 aliphatic carbocycles. The van der Waals surface area contributed by atoms with Crippen LogP contribution in [0.15, 0.2) is 36.7 Å². The highest BCUT2D eigenvalue weighted by molar-refractivity contribution is 7.99. The number of thioether (sulfide) groups is 1. The molecule has 1 N–H and O–H groups in total. The topological polar surface area (TPSA) is 67.2 Å². The van der Waals surface area contributed by atoms with Crippen molar-refractivity contribution in [2.24, 2.45) is 0 Å². The summed E-state index contributed by atoms with van der Waals surface area (Å²) in [5, 5.41) is 2.68. The van der Waals surface area contributed by atoms with Crippen molar-refractivity contribution in [3.63, 3.8) is 0 Å². The third-order valence-electron chi connectivity index (χ3n) is 5.51. The predicted octanol–water partition coefficient (Wildman–Crippen LogP) is 3.87. The fraction of sp³-hybridized carbons (Fsp3) is 0.500. The van der Waals surface area contributed by atoms with Gasteiger partial charge in [0, 0.05) is 57.0 Å². The van der Waals surface area contributed by atoms with Gasteiger partial charge in [-0.15, -0.1) is 11.8 Å². The molecule has 10 heteroatoms. The van der Waals surface area contributed by atoms with Gasteiger partial charge in [-0.3, -0.25) is 9.59 Å². The average Bonchev–Trinajstić information content (AvgIpc) is 3.21. The van der Waals surface area contributed by atoms with Gasteiger partial charge in [-0.2, -0.15) is 13.2 Å². The van der Waals surface area contributed by atoms with Crippen LogP contribution in [-0.4, -0.2) is 51.0 Å². The monoisotopic (exact) mass is 468 g/mol. The summed E-state index contributed by atoms with van der Waals surface area (Å²) in [7, 11) is 0. The number of imidazole rings is 1. The van der Waals surface area contributed by atoms with Crippen molar-refractivity contribution in [2.45, 2.75) is 44.8 Å². The minimum Gasteiger partial charge on any atom is -0.347 e. The van der Waals surface area contributed by atoms with Gasteiger partial charge in [0.1, 0.15) is 5.82 Å². The van der Waals surface area contributed by atoms with Crippen molar-refractivity contribution in [1.82, 2.24) is 19.8 Å². The Morgan fingerprint density at radius 2 is 1.94 bits per heavy atom. The number of hydrogen-bond donors (Lipinski definition) is 1. The number of piperidine rings is 1. The minimum absolute atomic E-state index is 0.0845. The van der Waals surface area contributed by atoms with Gasteiger partial charge < -0.3 is 14.8 Å². The van der Waals surface area contributed by atoms with E-state index in [0.717, 1.165) is 24.7 Å². The van der Waals surface area contributed by atoms with E-state index in [1.54, 1.807) is 23.0 Å². The molecule has 0 spiro atoms. The molecule has 1 aromatic heterocycles. The van der Waals surface area contributed by atoms with Crippen LogP contribution in [0.4, 0.5) is 13.2 Å². The molecule has 6 nitrogen and oxygen atoms in total. The summed E-state index contributed by atoms with van der Waals surface area (Å²) in [6.45, 7) is 2.77. The van der Waals surface area contributed by atoms with Crippen molar-refractivity contribution < 1.29 is 22.8 Å². The summed E-state index contributed by atoms with van der Waals surface area (Å²) in [6.07, 6.45) is 0.800. The molecule has 32 heavy (non-hydrogen) atoms. The molecule has 1 aromatic carbocycles. The zero-order valence-electron chi connectivity index (χ0n) is 17.9. The first-order valence-corrected chi connectivity index (χ1v) is 11.7. The quantitative estimate of drug-likeness (QED) is 0.472. The second kappa shape index (κ2) is 10.9. The number of nitrogens with zero attached hydrogens (tertiary/aromatic N) is 3. The van der Waals surface area contributed by atoms with Crippen molar-refractivity contribution in [3.05, 3.63) is 53.6 Å². The highest BCUT2D eigenvalue weighted by Gasteiger charge is 2.33. The van der Waals surface area contributed by atoms with Crippen LogP contribution in [0, 0.1) is 0 Å². The molecule has 0 radical (unpaired) electrons. The van der Waals surface area contributed by atoms with Gasteiger partial charge in [0.15, 0.2) is 0 Å². The molecule has 2 aromatic rings. The summed E-state index contributed by atoms with van der Waals surface area (Å²) >= 11 is 1.51. The van der Waals surface area contributed by atoms with Crippen molar-refractivity contribution in [1.29, 1.82) is 0 Å². The zero-order chi connectivity index (χ0) is 23.1. The van der Waals surface area contributed by atoms with Crippen molar-refractivity contribution >= 4 is 23.6 Å². The lowest BCUT2D eigenvalue weighted by molar-refractivity contribution is -0.138. The number of nitrogens with one attached hydrogen (secondary N) is 1. The Morgan fingerprint density at radius 3 is 2.62 bits per heavy atom. The Hall–Kier alpha value is -2.49. The lowest BCUT2D eigenvalue weighted by Gasteiger charge is -2.32. The Bertz CT molecular complexity index is 924. The Labute approximate surface area is 189 Å². The van der Waals surface area contributed by atoms with Crippen LogP contribution in [0.3, 0.4) is 0 Å². The van der Waals surface area contributed by atoms with Crippen molar-refractivity contribution in [3.8, 4) is 0 Å². The van der Waals surface area contributed by atoms with E-state index in [1.807, 2.05) is 4.90 Å². The maximum absolute atomic E-state index is 13.3. The number of rotatable bonds is 8. The summed E-state index contributed by atoms with van der Waals surface area (Å²) in [5.74, 6) is 1.99. The third kappa shape index (κ3) is 6.51. The SMILES string of the molecule is CC(=O)NCSCCC(=O)N1CCC(c2nccn2Cc2ccccc2C(F)(F)F)CC1. The van der Waals surface area contributed by atoms with Crippen LogP contribution in [0.25, 0.3) is 0 Å². The maximum Gasteiger partial charge on any atom is 0.416 e. The molecule has 1 aliphatic rings. The summed E-state index contributed by atoms with van der Waals surface area (Å²) in [4.78, 5) is 29.5. The second-order valence-corrected chi connectivity index (χ2v) is 8.86. The minimum atomic E-state index is -4.40. The van der Waals surface area contributed by atoms with E-state index < -0.39 is 11.7 Å². The normalized spacial score (nSPS) is 15.1. The van der Waals surface area contributed by atoms with Gasteiger partial charge in [0.05, 0.1) is 11.4 Å². The fourth-order valence-electron chi connectivity index (χ4n) is 3.86. The highest BCUT2D eigenvalue weighted by Crippen LogP contribution is 2.33. The smallest absolute Gasteiger partial charge is 0.347 e. The number of benzene rings is 1. The van der Waals surface area contributed by atoms with E-state index in [2.05, 4.69) is 10.3 Å². The standard InChI is InChI=1S/C22H27F3N4O2S/c1-16(30)27-15-32-13-8-20(31)28-10-6-17(7-11-28)21-26-9-12-29(21)14-18-4-2-3-5-19(18)22(23,24)25/h2-5,9,12,17H,6-8,10-11,13-15H2,1H3,(H,27,30). The van der Waals surface area contributed by atoms with Crippen LogP contribution < -0.4 is 5.32 Å². The van der Waals surface area contributed by atoms with E-state index in [-0.39, 0.29) is 29.8 Å². The van der Waals surface area contributed by atoms with Gasteiger partial charge >= 0.3 is 6.18 Å². The van der Waals surface area contributed by atoms with Gasteiger partial charge in [-0.05, 0) is 24.5 Å². The van der Waals surface area contributed by atoms with Crippen molar-refractivity contribution in [2.75, 3.05) is 24.7 Å². The van der Waals surface area contributed by atoms with Crippen LogP contribution in [0.5, 0.6) is 0 Å². The van der Waals surface area contributed by atoms with E-state index in [4.69, 9.17) is 0 Å². The summed E-state index contributed by atoms with van der Waals surface area (Å²) in [6, 6.07) is 5.61. The predicted molar refractivity (Wildman–Crippen MR) is 117 cm³/mol. The van der Waals surface area contributed by atoms with Gasteiger partial charge in [-0.25, -0.2) is 4.98 Å². The van der Waals surface area contributed by atoms with Crippen LogP contribution in [-0.2, 0) is 22.3 Å². The zero-order valence-corrected chi connectivity index (χ0v) is 18.7. The molecule has 1 saturated heterocycles. The van der Waals surface area contributed by atoms with E-state index in [1.165, 1.54) is 30.8 Å². The number of carbonyl (C=O) groups excluding carboxylic acids is 2. The number of amides is 2. The number of carbonyl (C=O) groups is 2. The number of hydrogen-bond acceptors (Lipinski definition) is 4. The highest BCUT2D eigenvalue weighted by atomic mass is 32.2. The lowest BCUT2D eigenvalue weighted by atomic mass is 9.95. The van der Waals surface area contributed by atoms with Gasteiger partial charge in [0.25, 0.3) is 0 Å². The van der Waals surface area contributed by atoms with Gasteiger partial charge in [-0.1, -0.05) is 18.2 Å². The molecular formula is C22H27F3N4O2S. The van der Waals surface area contributed by atoms with E-state index in [0.29, 0.717) is 31.1 Å². The Kier molecular flexibility index (Phi) is 8.22. The first kappa shape index (κ1) is 24.2. The first-order chi connectivity index (χ1) is 15.3. The fourth-order valence-corrected chi connectivity index (χ4v) is 4.63. The second-order valence-electron chi connectivity index (χ2n) is 7.76. The Morgan fingerprint density at radius 1 is 1.22 bits per heavy atom. The lowest BCUT2D eigenvalue weighted by Crippen LogP contribution is -2.38. The summed E-state index contributed by atoms with van der Waals surface area (Å²) < 4.78 is 41.8. The number of likely N-dealkylation sites (tertiary alicyclic amines) is 1. The molecule has 0 bridgehead atoms. The number of aromatic nitrogens is 2. The number of halogens is 3. The van der Waals surface area contributed by atoms with Crippen LogP contribution in [0.1, 0.15) is 49.1 Å². The van der Waals surface area contributed by atoms with E-state index >= 15 is 0 Å². The molecule has 0 saturated carbocycles. The molecule has 1 aliphatic heterocycles. The largest absolute Gasteiger partial charge is 0.416 e. The first-order valence-electron chi connectivity index (χ1n) is 10.5. The molecular weight excluding hydrogens is 441 g/mol.